The van der Waals surface area contributed by atoms with Crippen LogP contribution in [-0.2, 0) is 0 Å². The van der Waals surface area contributed by atoms with Crippen LogP contribution in [-0.4, -0.2) is 17.1 Å². The minimum Gasteiger partial charge on any atom is -0.485 e. The molecular weight excluding hydrogens is 263 g/mol. The summed E-state index contributed by atoms with van der Waals surface area (Å²) in [5.41, 5.74) is 5.49. The highest BCUT2D eigenvalue weighted by molar-refractivity contribution is 5.46. The number of rotatable bonds is 4. The lowest BCUT2D eigenvalue weighted by Crippen LogP contribution is -2.45. The van der Waals surface area contributed by atoms with E-state index in [1.807, 2.05) is 0 Å². The van der Waals surface area contributed by atoms with Gasteiger partial charge in [0, 0.05) is 0 Å². The lowest BCUT2D eigenvalue weighted by atomic mass is 9.92. The number of hydrogen-bond donors (Lipinski definition) is 1. The van der Waals surface area contributed by atoms with Crippen LogP contribution < -0.4 is 10.5 Å². The van der Waals surface area contributed by atoms with E-state index in [-0.39, 0.29) is 18.0 Å². The lowest BCUT2D eigenvalue weighted by Gasteiger charge is -2.27. The number of benzene rings is 1. The summed E-state index contributed by atoms with van der Waals surface area (Å²) in [7, 11) is 0. The van der Waals surface area contributed by atoms with E-state index in [0.717, 1.165) is 50.7 Å². The fraction of sp³-hybridized carbons (Fsp3) is 0.571. The number of nitrogens with zero attached hydrogens (tertiary/aromatic N) is 1. The Morgan fingerprint density at radius 3 is 2.55 bits per heavy atom. The third-order valence-corrected chi connectivity index (χ3v) is 3.73. The molecule has 0 bridgehead atoms. The molecular formula is C14H19FN2O3. The van der Waals surface area contributed by atoms with E-state index in [1.165, 1.54) is 6.07 Å². The Kier molecular flexibility index (Phi) is 4.54. The van der Waals surface area contributed by atoms with Gasteiger partial charge in [0.25, 0.3) is 0 Å². The normalized spacial score (nSPS) is 18.3. The van der Waals surface area contributed by atoms with Gasteiger partial charge in [-0.3, -0.25) is 10.1 Å². The predicted molar refractivity (Wildman–Crippen MR) is 73.2 cm³/mol. The Morgan fingerprint density at radius 1 is 1.30 bits per heavy atom. The maximum Gasteiger partial charge on any atom is 0.313 e. The molecule has 1 aromatic rings. The SMILES string of the molecule is NC1(COc2ccc(F)cc2[N+](=O)[O-])CCCCCC1. The quantitative estimate of drug-likeness (QED) is 0.522. The minimum absolute atomic E-state index is 0.0745. The van der Waals surface area contributed by atoms with Gasteiger partial charge in [-0.25, -0.2) is 4.39 Å². The van der Waals surface area contributed by atoms with Gasteiger partial charge < -0.3 is 10.5 Å². The minimum atomic E-state index is -0.652. The number of ether oxygens (including phenoxy) is 1. The number of nitrogens with two attached hydrogens (primary N) is 1. The smallest absolute Gasteiger partial charge is 0.313 e. The summed E-state index contributed by atoms with van der Waals surface area (Å²) in [5.74, 6) is -0.577. The summed E-state index contributed by atoms with van der Waals surface area (Å²) in [6, 6.07) is 3.30. The molecule has 0 atom stereocenters. The van der Waals surface area contributed by atoms with Gasteiger partial charge in [-0.1, -0.05) is 25.7 Å². The van der Waals surface area contributed by atoms with Crippen LogP contribution in [0.5, 0.6) is 5.75 Å². The molecule has 0 heterocycles. The van der Waals surface area contributed by atoms with Crippen LogP contribution in [0.4, 0.5) is 10.1 Å². The molecule has 0 radical (unpaired) electrons. The van der Waals surface area contributed by atoms with Crippen molar-refractivity contribution >= 4 is 5.69 Å². The van der Waals surface area contributed by atoms with E-state index in [2.05, 4.69) is 0 Å². The second kappa shape index (κ2) is 6.17. The summed E-state index contributed by atoms with van der Waals surface area (Å²) < 4.78 is 18.6. The molecule has 1 aliphatic carbocycles. The Balaban J connectivity index is 2.08. The zero-order chi connectivity index (χ0) is 14.6. The average molecular weight is 282 g/mol. The molecule has 0 spiro atoms. The van der Waals surface area contributed by atoms with Gasteiger partial charge in [0.05, 0.1) is 16.5 Å². The van der Waals surface area contributed by atoms with Crippen molar-refractivity contribution < 1.29 is 14.1 Å². The van der Waals surface area contributed by atoms with E-state index in [9.17, 15) is 14.5 Å². The topological polar surface area (TPSA) is 78.4 Å². The van der Waals surface area contributed by atoms with Crippen molar-refractivity contribution in [1.29, 1.82) is 0 Å². The van der Waals surface area contributed by atoms with Crippen molar-refractivity contribution in [2.45, 2.75) is 44.1 Å². The monoisotopic (exact) mass is 282 g/mol. The van der Waals surface area contributed by atoms with Gasteiger partial charge in [0.1, 0.15) is 12.4 Å². The Morgan fingerprint density at radius 2 is 1.95 bits per heavy atom. The third-order valence-electron chi connectivity index (χ3n) is 3.73. The van der Waals surface area contributed by atoms with Crippen LogP contribution in [0.15, 0.2) is 18.2 Å². The molecule has 0 unspecified atom stereocenters. The second-order valence-corrected chi connectivity index (χ2v) is 5.43. The van der Waals surface area contributed by atoms with Crippen LogP contribution in [0.25, 0.3) is 0 Å². The fourth-order valence-corrected chi connectivity index (χ4v) is 2.55. The summed E-state index contributed by atoms with van der Waals surface area (Å²) in [6.07, 6.45) is 6.12. The van der Waals surface area contributed by atoms with E-state index < -0.39 is 16.3 Å². The summed E-state index contributed by atoms with van der Waals surface area (Å²) >= 11 is 0. The van der Waals surface area contributed by atoms with Gasteiger partial charge in [0.15, 0.2) is 5.75 Å². The van der Waals surface area contributed by atoms with E-state index in [1.54, 1.807) is 0 Å². The van der Waals surface area contributed by atoms with Crippen molar-refractivity contribution in [3.63, 3.8) is 0 Å². The Labute approximate surface area is 117 Å². The highest BCUT2D eigenvalue weighted by Crippen LogP contribution is 2.30. The molecule has 1 fully saturated rings. The summed E-state index contributed by atoms with van der Waals surface area (Å²) in [5, 5.41) is 10.9. The van der Waals surface area contributed by atoms with Crippen molar-refractivity contribution in [1.82, 2.24) is 0 Å². The van der Waals surface area contributed by atoms with Crippen molar-refractivity contribution in [3.05, 3.63) is 34.1 Å². The van der Waals surface area contributed by atoms with E-state index >= 15 is 0 Å². The molecule has 1 saturated carbocycles. The standard InChI is InChI=1S/C14H19FN2O3/c15-11-5-6-13(12(9-11)17(18)19)20-10-14(16)7-3-1-2-4-8-14/h5-6,9H,1-4,7-8,10,16H2. The number of hydrogen-bond acceptors (Lipinski definition) is 4. The molecule has 20 heavy (non-hydrogen) atoms. The molecule has 0 aliphatic heterocycles. The lowest BCUT2D eigenvalue weighted by molar-refractivity contribution is -0.386. The Bertz CT molecular complexity index is 485. The van der Waals surface area contributed by atoms with Crippen LogP contribution in [0.3, 0.4) is 0 Å². The molecule has 6 heteroatoms. The number of nitro benzene ring substituents is 1. The van der Waals surface area contributed by atoms with Crippen LogP contribution >= 0.6 is 0 Å². The van der Waals surface area contributed by atoms with E-state index in [4.69, 9.17) is 10.5 Å². The highest BCUT2D eigenvalue weighted by atomic mass is 19.1. The van der Waals surface area contributed by atoms with Gasteiger partial charge in [-0.2, -0.15) is 0 Å². The van der Waals surface area contributed by atoms with Crippen molar-refractivity contribution in [2.75, 3.05) is 6.61 Å². The van der Waals surface area contributed by atoms with Gasteiger partial charge in [-0.05, 0) is 25.0 Å². The van der Waals surface area contributed by atoms with Gasteiger partial charge in [-0.15, -0.1) is 0 Å². The van der Waals surface area contributed by atoms with Crippen LogP contribution in [0.2, 0.25) is 0 Å². The molecule has 0 amide bonds. The second-order valence-electron chi connectivity index (χ2n) is 5.43. The molecule has 0 saturated heterocycles. The summed E-state index contributed by atoms with van der Waals surface area (Å²) in [4.78, 5) is 10.2. The molecule has 110 valence electrons. The molecule has 0 aromatic heterocycles. The number of halogens is 1. The van der Waals surface area contributed by atoms with Crippen LogP contribution in [0, 0.1) is 15.9 Å². The Hall–Kier alpha value is -1.69. The maximum absolute atomic E-state index is 13.0. The zero-order valence-electron chi connectivity index (χ0n) is 11.3. The first kappa shape index (κ1) is 14.7. The van der Waals surface area contributed by atoms with Crippen LogP contribution in [0.1, 0.15) is 38.5 Å². The largest absolute Gasteiger partial charge is 0.485 e. The molecule has 1 aromatic carbocycles. The fourth-order valence-electron chi connectivity index (χ4n) is 2.55. The molecule has 1 aliphatic rings. The molecule has 2 N–H and O–H groups in total. The van der Waals surface area contributed by atoms with Crippen molar-refractivity contribution in [2.24, 2.45) is 5.73 Å². The predicted octanol–water partition coefficient (Wildman–Crippen LogP) is 3.16. The first-order valence-corrected chi connectivity index (χ1v) is 6.86. The average Bonchev–Trinajstić information content (AvgIpc) is 2.62. The molecule has 5 nitrogen and oxygen atoms in total. The van der Waals surface area contributed by atoms with Crippen molar-refractivity contribution in [3.8, 4) is 5.75 Å². The first-order valence-electron chi connectivity index (χ1n) is 6.86. The first-order chi connectivity index (χ1) is 9.50. The number of nitro groups is 1. The van der Waals surface area contributed by atoms with Gasteiger partial charge >= 0.3 is 5.69 Å². The zero-order valence-corrected chi connectivity index (χ0v) is 11.3. The summed E-state index contributed by atoms with van der Waals surface area (Å²) in [6.45, 7) is 0.222. The molecule has 2 rings (SSSR count). The highest BCUT2D eigenvalue weighted by Gasteiger charge is 2.28. The van der Waals surface area contributed by atoms with E-state index in [0.29, 0.717) is 0 Å². The third kappa shape index (κ3) is 3.66. The maximum atomic E-state index is 13.0. The van der Waals surface area contributed by atoms with Gasteiger partial charge in [0.2, 0.25) is 0 Å².